The lowest BCUT2D eigenvalue weighted by molar-refractivity contribution is 0.0413. The van der Waals surface area contributed by atoms with Crippen LogP contribution in [0.4, 0.5) is 0 Å². The van der Waals surface area contributed by atoms with Gasteiger partial charge in [0.25, 0.3) is 0 Å². The van der Waals surface area contributed by atoms with Crippen LogP contribution in [-0.4, -0.2) is 203 Å². The van der Waals surface area contributed by atoms with Crippen LogP contribution in [0.25, 0.3) is 0 Å². The number of carbonyl (C=O) groups excluding carboxylic acids is 6. The number of rotatable bonds is 12. The highest BCUT2D eigenvalue weighted by Crippen LogP contribution is 2.36. The Kier molecular flexibility index (Phi) is 17.9. The van der Waals surface area contributed by atoms with Crippen molar-refractivity contribution in [3.63, 3.8) is 0 Å². The van der Waals surface area contributed by atoms with E-state index in [9.17, 15) is 28.8 Å². The quantitative estimate of drug-likeness (QED) is 0.0626. The lowest BCUT2D eigenvalue weighted by atomic mass is 9.86. The van der Waals surface area contributed by atoms with Crippen molar-refractivity contribution in [3.8, 4) is 0 Å². The summed E-state index contributed by atoms with van der Waals surface area (Å²) in [6.07, 6.45) is 10.7. The van der Waals surface area contributed by atoms with E-state index in [2.05, 4.69) is 0 Å². The van der Waals surface area contributed by atoms with Crippen LogP contribution in [-0.2, 0) is 39.3 Å². The molecule has 0 bridgehead atoms. The zero-order valence-corrected chi connectivity index (χ0v) is 42.6. The van der Waals surface area contributed by atoms with Crippen molar-refractivity contribution in [2.45, 2.75) is 39.3 Å². The van der Waals surface area contributed by atoms with Gasteiger partial charge in [0.2, 0.25) is 0 Å². The molecule has 0 radical (unpaired) electrons. The van der Waals surface area contributed by atoms with E-state index in [0.717, 1.165) is 0 Å². The van der Waals surface area contributed by atoms with E-state index in [-0.39, 0.29) is 114 Å². The second-order valence-electron chi connectivity index (χ2n) is 20.7. The molecule has 78 heavy (non-hydrogen) atoms. The zero-order valence-electron chi connectivity index (χ0n) is 42.6. The summed E-state index contributed by atoms with van der Waals surface area (Å²) in [5.41, 5.74) is -2.50. The molecule has 0 spiro atoms. The van der Waals surface area contributed by atoms with Gasteiger partial charge in [-0.2, -0.15) is 0 Å². The van der Waals surface area contributed by atoms with Gasteiger partial charge in [-0.15, -0.1) is 0 Å². The van der Waals surface area contributed by atoms with Gasteiger partial charge in [0.1, 0.15) is 0 Å². The van der Waals surface area contributed by atoms with Gasteiger partial charge in [0.05, 0.1) is 146 Å². The Morgan fingerprint density at radius 3 is 0.449 bits per heavy atom. The first-order valence-corrected chi connectivity index (χ1v) is 24.9. The van der Waals surface area contributed by atoms with Crippen molar-refractivity contribution < 1.29 is 90.0 Å². The van der Waals surface area contributed by atoms with Crippen LogP contribution >= 0.6 is 0 Å². The molecule has 6 aromatic rings. The summed E-state index contributed by atoms with van der Waals surface area (Å²) in [6.45, 7) is -1.36. The number of aliphatic hydroxyl groups is 12. The predicted octanol–water partition coefficient (Wildman–Crippen LogP) is -2.07. The predicted molar refractivity (Wildman–Crippen MR) is 272 cm³/mol. The lowest BCUT2D eigenvalue weighted by Crippen LogP contribution is -2.36. The minimum absolute atomic E-state index is 0.164. The van der Waals surface area contributed by atoms with Gasteiger partial charge < -0.3 is 88.7 Å². The van der Waals surface area contributed by atoms with Gasteiger partial charge in [0, 0.05) is 76.4 Å². The number of ketones is 6. The highest BCUT2D eigenvalue weighted by atomic mass is 16.3. The third kappa shape index (κ3) is 10.0. The zero-order chi connectivity index (χ0) is 56.8. The Hall–Kier alpha value is -6.78. The van der Waals surface area contributed by atoms with Crippen LogP contribution < -0.4 is 0 Å². The average molecular weight is 1090 g/mol. The molecule has 0 aromatic carbocycles. The van der Waals surface area contributed by atoms with Crippen LogP contribution in [0.15, 0.2) is 110 Å². The van der Waals surface area contributed by atoms with Crippen molar-refractivity contribution in [3.05, 3.63) is 144 Å². The minimum Gasteiger partial charge on any atom is -0.395 e. The summed E-state index contributed by atoms with van der Waals surface area (Å²) in [5, 5.41) is 109. The highest BCUT2D eigenvalue weighted by molar-refractivity contribution is 6.04. The van der Waals surface area contributed by atoms with Crippen LogP contribution in [0.3, 0.4) is 0 Å². The first-order chi connectivity index (χ1) is 37.4. The van der Waals surface area contributed by atoms with Crippen molar-refractivity contribution in [2.24, 2.45) is 32.5 Å². The summed E-state index contributed by atoms with van der Waals surface area (Å²) in [6, 6.07) is 20.9. The van der Waals surface area contributed by atoms with E-state index in [0.29, 0.717) is 73.4 Å². The average Bonchev–Trinajstić information content (AvgIpc) is 4.33. The van der Waals surface area contributed by atoms with Crippen LogP contribution in [0.1, 0.15) is 62.9 Å². The number of aromatic nitrogens is 6. The fraction of sp³-hybridized carbons (Fsp3) is 0.444. The molecule has 24 heteroatoms. The first-order valence-electron chi connectivity index (χ1n) is 24.9. The molecule has 0 atom stereocenters. The Morgan fingerprint density at radius 1 is 0.244 bits per heavy atom. The molecule has 420 valence electrons. The summed E-state index contributed by atoms with van der Waals surface area (Å²) in [4.78, 5) is 70.2. The van der Waals surface area contributed by atoms with Crippen molar-refractivity contribution in [1.82, 2.24) is 27.4 Å². The van der Waals surface area contributed by atoms with Crippen LogP contribution in [0, 0.1) is 32.5 Å². The molecule has 24 nitrogen and oxygen atoms in total. The van der Waals surface area contributed by atoms with E-state index in [1.165, 1.54) is 0 Å². The SMILES string of the molecule is O=C1c2cccn2CC1(CO)CO.O=C1c2cccn2CC1(CO)CO.O=C1c2cccn2CC1(CO)CO.O=C1c2cccn2CC1(CO)CO.O=C1c2cccn2CC1(CO)CO.O=C1c2cccn2CC1(CO)CO. The third-order valence-corrected chi connectivity index (χ3v) is 15.7. The largest absolute Gasteiger partial charge is 0.395 e. The second-order valence-corrected chi connectivity index (χ2v) is 20.7. The second kappa shape index (κ2) is 23.7. The van der Waals surface area contributed by atoms with Crippen molar-refractivity contribution >= 4 is 34.7 Å². The molecule has 0 fully saturated rings. The maximum atomic E-state index is 11.7. The Balaban J connectivity index is 0.000000136. The van der Waals surface area contributed by atoms with E-state index >= 15 is 0 Å². The number of hydrogen-bond donors (Lipinski definition) is 12. The van der Waals surface area contributed by atoms with E-state index in [4.69, 9.17) is 61.3 Å². The molecule has 0 saturated carbocycles. The monoisotopic (exact) mass is 1090 g/mol. The summed E-state index contributed by atoms with van der Waals surface area (Å²) >= 11 is 0. The number of aliphatic hydroxyl groups excluding tert-OH is 12. The van der Waals surface area contributed by atoms with Crippen molar-refractivity contribution in [1.29, 1.82) is 0 Å². The lowest BCUT2D eigenvalue weighted by Gasteiger charge is -2.20. The first kappa shape index (κ1) is 58.9. The van der Waals surface area contributed by atoms with Gasteiger partial charge in [-0.3, -0.25) is 28.8 Å². The fourth-order valence-corrected chi connectivity index (χ4v) is 10.3. The molecule has 12 rings (SSSR count). The van der Waals surface area contributed by atoms with E-state index in [1.807, 2.05) is 0 Å². The maximum absolute atomic E-state index is 11.7. The van der Waals surface area contributed by atoms with Gasteiger partial charge in [0.15, 0.2) is 34.7 Å². The number of carbonyl (C=O) groups is 6. The molecule has 6 aliphatic rings. The Morgan fingerprint density at radius 2 is 0.359 bits per heavy atom. The van der Waals surface area contributed by atoms with E-state index in [1.54, 1.807) is 137 Å². The topological polar surface area (TPSA) is 375 Å². The smallest absolute Gasteiger partial charge is 0.191 e. The summed E-state index contributed by atoms with van der Waals surface area (Å²) < 4.78 is 10.6. The molecule has 0 saturated heterocycles. The van der Waals surface area contributed by atoms with E-state index < -0.39 is 32.5 Å². The summed E-state index contributed by atoms with van der Waals surface area (Å²) in [7, 11) is 0. The van der Waals surface area contributed by atoms with Crippen LogP contribution in [0.2, 0.25) is 0 Å². The standard InChI is InChI=1S/6C9H11NO3/c6*11-5-9(6-12)4-10-3-1-2-7(10)8(9)13/h6*1-3,11-12H,4-6H2. The van der Waals surface area contributed by atoms with Gasteiger partial charge >= 0.3 is 0 Å². The van der Waals surface area contributed by atoms with Gasteiger partial charge in [-0.25, -0.2) is 0 Å². The third-order valence-electron chi connectivity index (χ3n) is 15.7. The molecule has 0 aliphatic carbocycles. The molecule has 0 unspecified atom stereocenters. The molecule has 12 N–H and O–H groups in total. The summed E-state index contributed by atoms with van der Waals surface area (Å²) in [5.74, 6) is -0.986. The van der Waals surface area contributed by atoms with Crippen molar-refractivity contribution in [2.75, 3.05) is 79.3 Å². The molecule has 0 amide bonds. The minimum atomic E-state index is -0.989. The number of nitrogens with zero attached hydrogens (tertiary/aromatic N) is 6. The normalized spacial score (nSPS) is 19.1. The van der Waals surface area contributed by atoms with Gasteiger partial charge in [-0.1, -0.05) is 0 Å². The number of fused-ring (bicyclic) bond motifs is 6. The Labute approximate surface area is 446 Å². The highest BCUT2D eigenvalue weighted by Gasteiger charge is 2.49. The molecule has 6 aromatic heterocycles. The maximum Gasteiger partial charge on any atom is 0.191 e. The molecular weight excluding hydrogens is 1020 g/mol. The molecular formula is C54H66N6O18. The molecule has 12 heterocycles. The molecule has 6 aliphatic heterocycles. The number of hydrogen-bond acceptors (Lipinski definition) is 18. The fourth-order valence-electron chi connectivity index (χ4n) is 10.3. The van der Waals surface area contributed by atoms with Crippen LogP contribution in [0.5, 0.6) is 0 Å². The van der Waals surface area contributed by atoms with Gasteiger partial charge in [-0.05, 0) is 72.8 Å². The number of Topliss-reactive ketones (excluding diaryl/α,β-unsaturated/α-hetero) is 6. The Bertz CT molecular complexity index is 2560.